The van der Waals surface area contributed by atoms with Gasteiger partial charge < -0.3 is 9.47 Å². The van der Waals surface area contributed by atoms with E-state index in [1.54, 1.807) is 31.2 Å². The van der Waals surface area contributed by atoms with Crippen LogP contribution in [0.2, 0.25) is 0 Å². The van der Waals surface area contributed by atoms with E-state index in [1.165, 1.54) is 6.92 Å². The molecule has 80 valence electrons. The molecule has 0 saturated heterocycles. The molecule has 1 aromatic rings. The summed E-state index contributed by atoms with van der Waals surface area (Å²) in [6, 6.07) is 6.29. The van der Waals surface area contributed by atoms with E-state index in [-0.39, 0.29) is 12.4 Å². The van der Waals surface area contributed by atoms with Gasteiger partial charge in [0.05, 0.1) is 6.61 Å². The minimum absolute atomic E-state index is 0.0299. The average Bonchev–Trinajstić information content (AvgIpc) is 2.18. The van der Waals surface area contributed by atoms with Crippen LogP contribution in [0.25, 0.3) is 0 Å². The quantitative estimate of drug-likeness (QED) is 0.435. The summed E-state index contributed by atoms with van der Waals surface area (Å²) in [5.41, 5.74) is 0.575. The van der Waals surface area contributed by atoms with Crippen molar-refractivity contribution in [1.29, 1.82) is 0 Å². The lowest BCUT2D eigenvalue weighted by molar-refractivity contribution is 0.101. The van der Waals surface area contributed by atoms with Gasteiger partial charge in [-0.15, -0.1) is 0 Å². The maximum absolute atomic E-state index is 10.9. The van der Waals surface area contributed by atoms with Crippen molar-refractivity contribution in [1.82, 2.24) is 0 Å². The van der Waals surface area contributed by atoms with Crippen molar-refractivity contribution >= 4 is 11.9 Å². The van der Waals surface area contributed by atoms with Crippen molar-refractivity contribution < 1.29 is 19.1 Å². The predicted octanol–water partition coefficient (Wildman–Crippen LogP) is 2.42. The highest BCUT2D eigenvalue weighted by Gasteiger charge is 2.05. The summed E-state index contributed by atoms with van der Waals surface area (Å²) in [5, 5.41) is 0. The van der Waals surface area contributed by atoms with Crippen molar-refractivity contribution in [2.45, 2.75) is 13.8 Å². The van der Waals surface area contributed by atoms with E-state index in [9.17, 15) is 9.59 Å². The van der Waals surface area contributed by atoms with Crippen LogP contribution in [-0.2, 0) is 4.74 Å². The number of hydrogen-bond acceptors (Lipinski definition) is 4. The fourth-order valence-corrected chi connectivity index (χ4v) is 1.00. The molecular formula is C11H12O4. The molecule has 0 aromatic heterocycles. The second kappa shape index (κ2) is 5.14. The zero-order valence-electron chi connectivity index (χ0n) is 8.65. The Morgan fingerprint density at radius 3 is 2.27 bits per heavy atom. The standard InChI is InChI=1S/C11H12O4/c1-3-14-11(13)15-10-6-4-9(5-7-10)8(2)12/h4-7H,3H2,1-2H3. The van der Waals surface area contributed by atoms with Crippen molar-refractivity contribution in [3.8, 4) is 5.75 Å². The van der Waals surface area contributed by atoms with Crippen LogP contribution in [0, 0.1) is 0 Å². The third-order valence-electron chi connectivity index (χ3n) is 1.72. The van der Waals surface area contributed by atoms with Crippen molar-refractivity contribution in [3.05, 3.63) is 29.8 Å². The Morgan fingerprint density at radius 2 is 1.80 bits per heavy atom. The van der Waals surface area contributed by atoms with Gasteiger partial charge in [-0.25, -0.2) is 4.79 Å². The normalized spacial score (nSPS) is 9.47. The van der Waals surface area contributed by atoms with Gasteiger partial charge in [-0.3, -0.25) is 4.79 Å². The van der Waals surface area contributed by atoms with E-state index in [4.69, 9.17) is 4.74 Å². The number of carbonyl (C=O) groups excluding carboxylic acids is 2. The summed E-state index contributed by atoms with van der Waals surface area (Å²) in [4.78, 5) is 21.9. The van der Waals surface area contributed by atoms with Crippen LogP contribution in [-0.4, -0.2) is 18.5 Å². The topological polar surface area (TPSA) is 52.6 Å². The Labute approximate surface area is 87.8 Å². The van der Waals surface area contributed by atoms with Gasteiger partial charge in [-0.05, 0) is 38.1 Å². The maximum Gasteiger partial charge on any atom is 0.513 e. The van der Waals surface area contributed by atoms with Crippen LogP contribution in [0.5, 0.6) is 5.75 Å². The van der Waals surface area contributed by atoms with Crippen molar-refractivity contribution in [2.24, 2.45) is 0 Å². The summed E-state index contributed by atoms with van der Waals surface area (Å²) in [7, 11) is 0. The Balaban J connectivity index is 2.64. The number of carbonyl (C=O) groups is 2. The van der Waals surface area contributed by atoms with E-state index in [0.717, 1.165) is 0 Å². The highest BCUT2D eigenvalue weighted by molar-refractivity contribution is 5.94. The zero-order chi connectivity index (χ0) is 11.3. The molecule has 4 heteroatoms. The second-order valence-electron chi connectivity index (χ2n) is 2.87. The highest BCUT2D eigenvalue weighted by atomic mass is 16.7. The predicted molar refractivity (Wildman–Crippen MR) is 54.1 cm³/mol. The molecule has 0 aliphatic rings. The molecule has 1 rings (SSSR count). The third kappa shape index (κ3) is 3.42. The van der Waals surface area contributed by atoms with E-state index in [0.29, 0.717) is 11.3 Å². The Bertz CT molecular complexity index is 353. The molecule has 0 unspecified atom stereocenters. The van der Waals surface area contributed by atoms with Gasteiger partial charge in [0.25, 0.3) is 0 Å². The lowest BCUT2D eigenvalue weighted by Crippen LogP contribution is -2.10. The molecule has 0 bridgehead atoms. The second-order valence-corrected chi connectivity index (χ2v) is 2.87. The van der Waals surface area contributed by atoms with Crippen molar-refractivity contribution in [2.75, 3.05) is 6.61 Å². The summed E-state index contributed by atoms with van der Waals surface area (Å²) >= 11 is 0. The number of hydrogen-bond donors (Lipinski definition) is 0. The van der Waals surface area contributed by atoms with Gasteiger partial charge in [0.15, 0.2) is 5.78 Å². The molecule has 0 saturated carbocycles. The third-order valence-corrected chi connectivity index (χ3v) is 1.72. The fraction of sp³-hybridized carbons (Fsp3) is 0.273. The van der Waals surface area contributed by atoms with E-state index in [1.807, 2.05) is 0 Å². The first-order valence-corrected chi connectivity index (χ1v) is 4.59. The minimum atomic E-state index is -0.743. The largest absolute Gasteiger partial charge is 0.513 e. The SMILES string of the molecule is CCOC(=O)Oc1ccc(C(C)=O)cc1. The van der Waals surface area contributed by atoms with Crippen LogP contribution in [0.15, 0.2) is 24.3 Å². The van der Waals surface area contributed by atoms with Crippen molar-refractivity contribution in [3.63, 3.8) is 0 Å². The average molecular weight is 208 g/mol. The molecular weight excluding hydrogens is 196 g/mol. The highest BCUT2D eigenvalue weighted by Crippen LogP contribution is 2.13. The van der Waals surface area contributed by atoms with Crippen LogP contribution < -0.4 is 4.74 Å². The molecule has 1 aromatic carbocycles. The molecule has 0 aliphatic heterocycles. The first kappa shape index (κ1) is 11.2. The van der Waals surface area contributed by atoms with Gasteiger partial charge in [0.1, 0.15) is 5.75 Å². The lowest BCUT2D eigenvalue weighted by atomic mass is 10.1. The number of benzene rings is 1. The Hall–Kier alpha value is -1.84. The molecule has 0 heterocycles. The van der Waals surface area contributed by atoms with Gasteiger partial charge in [0.2, 0.25) is 0 Å². The molecule has 0 fully saturated rings. The Morgan fingerprint density at radius 1 is 1.20 bits per heavy atom. The lowest BCUT2D eigenvalue weighted by Gasteiger charge is -2.03. The van der Waals surface area contributed by atoms with Gasteiger partial charge in [-0.1, -0.05) is 0 Å². The van der Waals surface area contributed by atoms with Gasteiger partial charge in [-0.2, -0.15) is 0 Å². The molecule has 0 radical (unpaired) electrons. The van der Waals surface area contributed by atoms with Crippen LogP contribution in [0.4, 0.5) is 4.79 Å². The van der Waals surface area contributed by atoms with Crippen LogP contribution in [0.3, 0.4) is 0 Å². The monoisotopic (exact) mass is 208 g/mol. The van der Waals surface area contributed by atoms with Crippen LogP contribution >= 0.6 is 0 Å². The molecule has 4 nitrogen and oxygen atoms in total. The Kier molecular flexibility index (Phi) is 3.85. The maximum atomic E-state index is 10.9. The number of rotatable bonds is 3. The summed E-state index contributed by atoms with van der Waals surface area (Å²) in [6.45, 7) is 3.44. The molecule has 0 aliphatic carbocycles. The summed E-state index contributed by atoms with van der Waals surface area (Å²) in [5.74, 6) is 0.330. The minimum Gasteiger partial charge on any atom is -0.434 e. The fourth-order valence-electron chi connectivity index (χ4n) is 1.00. The first-order chi connectivity index (χ1) is 7.13. The molecule has 15 heavy (non-hydrogen) atoms. The van der Waals surface area contributed by atoms with E-state index < -0.39 is 6.16 Å². The van der Waals surface area contributed by atoms with E-state index in [2.05, 4.69) is 4.74 Å². The number of ketones is 1. The van der Waals surface area contributed by atoms with Gasteiger partial charge >= 0.3 is 6.16 Å². The molecule has 0 amide bonds. The number of Topliss-reactive ketones (excluding diaryl/α,β-unsaturated/α-hetero) is 1. The van der Waals surface area contributed by atoms with E-state index >= 15 is 0 Å². The molecule has 0 atom stereocenters. The van der Waals surface area contributed by atoms with Crippen LogP contribution in [0.1, 0.15) is 24.2 Å². The smallest absolute Gasteiger partial charge is 0.434 e. The molecule has 0 spiro atoms. The number of ether oxygens (including phenoxy) is 2. The molecule has 0 N–H and O–H groups in total. The summed E-state index contributed by atoms with van der Waals surface area (Å²) in [6.07, 6.45) is -0.743. The zero-order valence-corrected chi connectivity index (χ0v) is 8.65. The summed E-state index contributed by atoms with van der Waals surface area (Å²) < 4.78 is 9.41. The van der Waals surface area contributed by atoms with Gasteiger partial charge in [0, 0.05) is 5.56 Å². The first-order valence-electron chi connectivity index (χ1n) is 4.59.